The number of aromatic nitrogens is 5. The van der Waals surface area contributed by atoms with E-state index in [4.69, 9.17) is 23.2 Å². The average Bonchev–Trinajstić information content (AvgIpc) is 3.39. The molecule has 0 unspecified atom stereocenters. The molecular weight excluding hydrogens is 463 g/mol. The molecule has 1 amide bonds. The van der Waals surface area contributed by atoms with Gasteiger partial charge in [-0.05, 0) is 40.3 Å². The topological polar surface area (TPSA) is 85.6 Å². The van der Waals surface area contributed by atoms with Crippen molar-refractivity contribution in [3.63, 3.8) is 0 Å². The molecule has 2 aromatic carbocycles. The van der Waals surface area contributed by atoms with Crippen LogP contribution in [-0.4, -0.2) is 36.9 Å². The second-order valence-electron chi connectivity index (χ2n) is 6.10. The number of hydrogen-bond donors (Lipinski definition) is 1. The fourth-order valence-corrected chi connectivity index (χ4v) is 4.46. The number of carbonyl (C=O) groups excluding carboxylic acids is 1. The van der Waals surface area contributed by atoms with Gasteiger partial charge in [0.05, 0.1) is 21.5 Å². The molecule has 0 bridgehead atoms. The summed E-state index contributed by atoms with van der Waals surface area (Å²) in [7, 11) is 0. The Balaban J connectivity index is 1.33. The number of nitrogens with zero attached hydrogens (tertiary/aromatic N) is 5. The third kappa shape index (κ3) is 5.17. The number of thiazole rings is 1. The second kappa shape index (κ2) is 9.57. The summed E-state index contributed by atoms with van der Waals surface area (Å²) in [6.07, 6.45) is 2.40. The minimum Gasteiger partial charge on any atom is -0.301 e. The summed E-state index contributed by atoms with van der Waals surface area (Å²) < 4.78 is 1.59. The molecule has 0 saturated heterocycles. The van der Waals surface area contributed by atoms with E-state index < -0.39 is 0 Å². The van der Waals surface area contributed by atoms with Gasteiger partial charge in [-0.2, -0.15) is 4.68 Å². The zero-order chi connectivity index (χ0) is 20.9. The Morgan fingerprint density at radius 1 is 1.13 bits per heavy atom. The molecule has 0 radical (unpaired) electrons. The summed E-state index contributed by atoms with van der Waals surface area (Å²) in [5.41, 5.74) is 1.85. The van der Waals surface area contributed by atoms with Crippen molar-refractivity contribution < 1.29 is 4.79 Å². The van der Waals surface area contributed by atoms with Gasteiger partial charge in [-0.1, -0.05) is 59.2 Å². The normalized spacial score (nSPS) is 10.9. The molecule has 1 N–H and O–H groups in total. The monoisotopic (exact) mass is 476 g/mol. The van der Waals surface area contributed by atoms with Crippen molar-refractivity contribution in [2.45, 2.75) is 11.6 Å². The Bertz CT molecular complexity index is 1160. The smallest absolute Gasteiger partial charge is 0.236 e. The summed E-state index contributed by atoms with van der Waals surface area (Å²) >= 11 is 14.7. The van der Waals surface area contributed by atoms with Crippen LogP contribution in [0.25, 0.3) is 5.69 Å². The number of anilines is 1. The Kier molecular flexibility index (Phi) is 6.63. The summed E-state index contributed by atoms with van der Waals surface area (Å²) in [6.45, 7) is 0. The first-order valence-electron chi connectivity index (χ1n) is 8.73. The molecule has 0 saturated carbocycles. The third-order valence-corrected chi connectivity index (χ3v) is 6.51. The number of tetrazole rings is 1. The molecule has 0 spiro atoms. The zero-order valence-corrected chi connectivity index (χ0v) is 18.5. The molecule has 2 heterocycles. The van der Waals surface area contributed by atoms with Gasteiger partial charge in [0.2, 0.25) is 11.1 Å². The van der Waals surface area contributed by atoms with Gasteiger partial charge < -0.3 is 5.32 Å². The number of rotatable bonds is 7. The molecule has 0 fully saturated rings. The van der Waals surface area contributed by atoms with Crippen LogP contribution >= 0.6 is 46.3 Å². The summed E-state index contributed by atoms with van der Waals surface area (Å²) in [4.78, 5) is 17.6. The highest BCUT2D eigenvalue weighted by Crippen LogP contribution is 2.26. The number of nitrogens with one attached hydrogen (secondary N) is 1. The standard InChI is InChI=1S/C19H14Cl2N6OS2/c20-15-7-6-12(9-16(15)21)8-14-10-22-18(30-14)23-17(28)11-29-19-24-25-26-27(19)13-4-2-1-3-5-13/h1-7,9-10H,8,11H2,(H,22,23,28). The maximum Gasteiger partial charge on any atom is 0.236 e. The van der Waals surface area contributed by atoms with Crippen LogP contribution in [0.3, 0.4) is 0 Å². The molecule has 0 aliphatic rings. The Morgan fingerprint density at radius 2 is 1.97 bits per heavy atom. The molecule has 11 heteroatoms. The van der Waals surface area contributed by atoms with Gasteiger partial charge in [0.25, 0.3) is 0 Å². The lowest BCUT2D eigenvalue weighted by atomic mass is 10.1. The van der Waals surface area contributed by atoms with E-state index >= 15 is 0 Å². The molecule has 0 aliphatic carbocycles. The molecule has 4 aromatic rings. The molecule has 0 aliphatic heterocycles. The number of thioether (sulfide) groups is 1. The van der Waals surface area contributed by atoms with Crippen molar-refractivity contribution in [3.05, 3.63) is 75.2 Å². The van der Waals surface area contributed by atoms with E-state index in [9.17, 15) is 4.79 Å². The second-order valence-corrected chi connectivity index (χ2v) is 8.97. The third-order valence-electron chi connectivity index (χ3n) is 3.94. The van der Waals surface area contributed by atoms with Gasteiger partial charge in [-0.15, -0.1) is 16.4 Å². The lowest BCUT2D eigenvalue weighted by Crippen LogP contribution is -2.14. The van der Waals surface area contributed by atoms with Crippen molar-refractivity contribution in [2.24, 2.45) is 0 Å². The van der Waals surface area contributed by atoms with Crippen LogP contribution in [0.5, 0.6) is 0 Å². The fraction of sp³-hybridized carbons (Fsp3) is 0.105. The van der Waals surface area contributed by atoms with Gasteiger partial charge >= 0.3 is 0 Å². The molecule has 152 valence electrons. The zero-order valence-electron chi connectivity index (χ0n) is 15.3. The molecule has 4 rings (SSSR count). The highest BCUT2D eigenvalue weighted by atomic mass is 35.5. The van der Waals surface area contributed by atoms with Crippen LogP contribution in [0.1, 0.15) is 10.4 Å². The van der Waals surface area contributed by atoms with Crippen molar-refractivity contribution in [1.29, 1.82) is 0 Å². The van der Waals surface area contributed by atoms with E-state index in [0.717, 1.165) is 16.1 Å². The number of carbonyl (C=O) groups is 1. The maximum absolute atomic E-state index is 12.3. The van der Waals surface area contributed by atoms with Crippen LogP contribution in [0.2, 0.25) is 10.0 Å². The Labute approximate surface area is 190 Å². The summed E-state index contributed by atoms with van der Waals surface area (Å²) in [5, 5.41) is 16.6. The van der Waals surface area contributed by atoms with E-state index in [-0.39, 0.29) is 11.7 Å². The van der Waals surface area contributed by atoms with E-state index in [1.165, 1.54) is 23.1 Å². The van der Waals surface area contributed by atoms with Gasteiger partial charge in [0.15, 0.2) is 5.13 Å². The number of halogens is 2. The van der Waals surface area contributed by atoms with Crippen LogP contribution in [0.4, 0.5) is 5.13 Å². The molecule has 2 aromatic heterocycles. The van der Waals surface area contributed by atoms with Crippen LogP contribution in [0, 0.1) is 0 Å². The maximum atomic E-state index is 12.3. The minimum atomic E-state index is -0.182. The summed E-state index contributed by atoms with van der Waals surface area (Å²) in [5.74, 6) is -0.0207. The first kappa shape index (κ1) is 20.8. The van der Waals surface area contributed by atoms with Crippen LogP contribution < -0.4 is 5.32 Å². The average molecular weight is 477 g/mol. The molecule has 30 heavy (non-hydrogen) atoms. The van der Waals surface area contributed by atoms with Crippen molar-refractivity contribution >= 4 is 57.3 Å². The van der Waals surface area contributed by atoms with Gasteiger partial charge in [0, 0.05) is 17.5 Å². The van der Waals surface area contributed by atoms with Crippen LogP contribution in [-0.2, 0) is 11.2 Å². The van der Waals surface area contributed by atoms with Gasteiger partial charge in [-0.3, -0.25) is 4.79 Å². The van der Waals surface area contributed by atoms with E-state index in [1.54, 1.807) is 16.9 Å². The predicted molar refractivity (Wildman–Crippen MR) is 120 cm³/mol. The summed E-state index contributed by atoms with van der Waals surface area (Å²) in [6, 6.07) is 15.0. The SMILES string of the molecule is O=C(CSc1nnnn1-c1ccccc1)Nc1ncc(Cc2ccc(Cl)c(Cl)c2)s1. The fourth-order valence-electron chi connectivity index (χ4n) is 2.58. The Morgan fingerprint density at radius 3 is 2.77 bits per heavy atom. The number of para-hydroxylation sites is 1. The van der Waals surface area contributed by atoms with E-state index in [2.05, 4.69) is 25.8 Å². The first-order chi connectivity index (χ1) is 14.6. The number of benzene rings is 2. The Hall–Kier alpha value is -2.46. The quantitative estimate of drug-likeness (QED) is 0.387. The lowest BCUT2D eigenvalue weighted by molar-refractivity contribution is -0.113. The van der Waals surface area contributed by atoms with Crippen LogP contribution in [0.15, 0.2) is 59.9 Å². The van der Waals surface area contributed by atoms with Crippen molar-refractivity contribution in [2.75, 3.05) is 11.1 Å². The first-order valence-corrected chi connectivity index (χ1v) is 11.3. The highest BCUT2D eigenvalue weighted by molar-refractivity contribution is 7.99. The molecule has 7 nitrogen and oxygen atoms in total. The van der Waals surface area contributed by atoms with Gasteiger partial charge in [-0.25, -0.2) is 4.98 Å². The van der Waals surface area contributed by atoms with Crippen molar-refractivity contribution in [1.82, 2.24) is 25.2 Å². The van der Waals surface area contributed by atoms with E-state index in [0.29, 0.717) is 26.8 Å². The highest BCUT2D eigenvalue weighted by Gasteiger charge is 2.13. The van der Waals surface area contributed by atoms with Gasteiger partial charge in [0.1, 0.15) is 0 Å². The number of hydrogen-bond acceptors (Lipinski definition) is 7. The largest absolute Gasteiger partial charge is 0.301 e. The molecular formula is C19H14Cl2N6OS2. The lowest BCUT2D eigenvalue weighted by Gasteiger charge is -2.04. The van der Waals surface area contributed by atoms with Crippen molar-refractivity contribution in [3.8, 4) is 5.69 Å². The predicted octanol–water partition coefficient (Wildman–Crippen LogP) is 4.75. The minimum absolute atomic E-state index is 0.162. The molecule has 0 atom stereocenters. The van der Waals surface area contributed by atoms with E-state index in [1.807, 2.05) is 42.5 Å². The number of amides is 1.